The summed E-state index contributed by atoms with van der Waals surface area (Å²) in [5, 5.41) is 0. The fourth-order valence-electron chi connectivity index (χ4n) is 2.17. The van der Waals surface area contributed by atoms with Gasteiger partial charge in [0.1, 0.15) is 5.75 Å². The minimum atomic E-state index is 0.253. The quantitative estimate of drug-likeness (QED) is 0.765. The number of hydrogen-bond acceptors (Lipinski definition) is 4. The predicted molar refractivity (Wildman–Crippen MR) is 91.6 cm³/mol. The second kappa shape index (κ2) is 6.15. The van der Waals surface area contributed by atoms with Gasteiger partial charge in [-0.25, -0.2) is 9.97 Å². The van der Waals surface area contributed by atoms with Gasteiger partial charge in [0.2, 0.25) is 5.95 Å². The molecule has 3 aromatic rings. The summed E-state index contributed by atoms with van der Waals surface area (Å²) < 4.78 is 6.17. The number of aromatic nitrogens is 2. The minimum absolute atomic E-state index is 0.253. The van der Waals surface area contributed by atoms with Crippen molar-refractivity contribution in [3.05, 3.63) is 59.1 Å². The monoisotopic (exact) mass is 355 g/mol. The first-order chi connectivity index (χ1) is 10.7. The number of benzene rings is 2. The molecule has 0 aliphatic rings. The molecule has 1 heterocycles. The zero-order valence-corrected chi connectivity index (χ0v) is 13.5. The smallest absolute Gasteiger partial charge is 0.221 e. The molecular formula is C17H14BrN3O. The molecule has 3 rings (SSSR count). The Morgan fingerprint density at radius 2 is 1.59 bits per heavy atom. The molecule has 1 aromatic heterocycles. The maximum atomic E-state index is 5.87. The van der Waals surface area contributed by atoms with Crippen LogP contribution in [0.15, 0.2) is 59.1 Å². The summed E-state index contributed by atoms with van der Waals surface area (Å²) in [5.41, 5.74) is 9.39. The van der Waals surface area contributed by atoms with Crippen LogP contribution in [-0.2, 0) is 0 Å². The van der Waals surface area contributed by atoms with Gasteiger partial charge >= 0.3 is 0 Å². The van der Waals surface area contributed by atoms with Crippen LogP contribution in [0.25, 0.3) is 22.5 Å². The third kappa shape index (κ3) is 3.09. The highest BCUT2D eigenvalue weighted by Gasteiger charge is 2.07. The van der Waals surface area contributed by atoms with Crippen molar-refractivity contribution in [1.29, 1.82) is 0 Å². The van der Waals surface area contributed by atoms with E-state index in [1.165, 1.54) is 0 Å². The van der Waals surface area contributed by atoms with Gasteiger partial charge in [0.05, 0.1) is 18.5 Å². The largest absolute Gasteiger partial charge is 0.497 e. The lowest BCUT2D eigenvalue weighted by Crippen LogP contribution is -1.98. The van der Waals surface area contributed by atoms with E-state index in [-0.39, 0.29) is 5.95 Å². The minimum Gasteiger partial charge on any atom is -0.497 e. The van der Waals surface area contributed by atoms with Crippen LogP contribution in [0.3, 0.4) is 0 Å². The summed E-state index contributed by atoms with van der Waals surface area (Å²) in [6, 6.07) is 17.5. The van der Waals surface area contributed by atoms with Gasteiger partial charge in [-0.05, 0) is 42.5 Å². The number of anilines is 1. The van der Waals surface area contributed by atoms with Gasteiger partial charge in [-0.1, -0.05) is 28.1 Å². The van der Waals surface area contributed by atoms with Crippen molar-refractivity contribution < 1.29 is 4.74 Å². The number of nitrogens with zero attached hydrogens (tertiary/aromatic N) is 2. The molecule has 2 aromatic carbocycles. The lowest BCUT2D eigenvalue weighted by Gasteiger charge is -2.07. The van der Waals surface area contributed by atoms with E-state index >= 15 is 0 Å². The first kappa shape index (κ1) is 14.5. The highest BCUT2D eigenvalue weighted by Crippen LogP contribution is 2.27. The zero-order chi connectivity index (χ0) is 15.5. The van der Waals surface area contributed by atoms with Crippen LogP contribution in [-0.4, -0.2) is 17.1 Å². The number of halogens is 1. The molecule has 5 heteroatoms. The van der Waals surface area contributed by atoms with Crippen molar-refractivity contribution in [2.24, 2.45) is 0 Å². The second-order valence-corrected chi connectivity index (χ2v) is 5.65. The first-order valence-corrected chi connectivity index (χ1v) is 7.50. The predicted octanol–water partition coefficient (Wildman–Crippen LogP) is 4.16. The van der Waals surface area contributed by atoms with Crippen LogP contribution in [0, 0.1) is 0 Å². The second-order valence-electron chi connectivity index (χ2n) is 4.74. The SMILES string of the molecule is COc1ccc(-c2cc(-c3cccc(Br)c3)nc(N)n2)cc1. The lowest BCUT2D eigenvalue weighted by molar-refractivity contribution is 0.415. The summed E-state index contributed by atoms with van der Waals surface area (Å²) in [6.07, 6.45) is 0. The molecule has 0 atom stereocenters. The molecule has 0 unspecified atom stereocenters. The first-order valence-electron chi connectivity index (χ1n) is 6.70. The van der Waals surface area contributed by atoms with Gasteiger partial charge < -0.3 is 10.5 Å². The molecule has 110 valence electrons. The maximum Gasteiger partial charge on any atom is 0.221 e. The molecule has 0 bridgehead atoms. The number of ether oxygens (including phenoxy) is 1. The molecule has 0 saturated carbocycles. The molecule has 2 N–H and O–H groups in total. The van der Waals surface area contributed by atoms with E-state index in [9.17, 15) is 0 Å². The Balaban J connectivity index is 2.06. The Labute approximate surface area is 137 Å². The van der Waals surface area contributed by atoms with Gasteiger partial charge in [0.25, 0.3) is 0 Å². The molecular weight excluding hydrogens is 342 g/mol. The average Bonchev–Trinajstić information content (AvgIpc) is 2.54. The third-order valence-corrected chi connectivity index (χ3v) is 3.74. The van der Waals surface area contributed by atoms with Crippen molar-refractivity contribution in [3.8, 4) is 28.3 Å². The molecule has 0 aliphatic heterocycles. The number of nitrogen functional groups attached to an aromatic ring is 1. The van der Waals surface area contributed by atoms with Crippen molar-refractivity contribution in [2.75, 3.05) is 12.8 Å². The van der Waals surface area contributed by atoms with E-state index < -0.39 is 0 Å². The van der Waals surface area contributed by atoms with Crippen molar-refractivity contribution in [3.63, 3.8) is 0 Å². The molecule has 0 spiro atoms. The Hall–Kier alpha value is -2.40. The zero-order valence-electron chi connectivity index (χ0n) is 12.0. The normalized spacial score (nSPS) is 10.5. The topological polar surface area (TPSA) is 61.0 Å². The van der Waals surface area contributed by atoms with Crippen LogP contribution >= 0.6 is 15.9 Å². The summed E-state index contributed by atoms with van der Waals surface area (Å²) in [7, 11) is 1.64. The van der Waals surface area contributed by atoms with E-state index in [4.69, 9.17) is 10.5 Å². The van der Waals surface area contributed by atoms with Crippen molar-refractivity contribution in [2.45, 2.75) is 0 Å². The maximum absolute atomic E-state index is 5.87. The van der Waals surface area contributed by atoms with Crippen LogP contribution in [0.2, 0.25) is 0 Å². The highest BCUT2D eigenvalue weighted by atomic mass is 79.9. The number of rotatable bonds is 3. The van der Waals surface area contributed by atoms with Gasteiger partial charge in [-0.3, -0.25) is 0 Å². The summed E-state index contributed by atoms with van der Waals surface area (Å²) in [4.78, 5) is 8.65. The highest BCUT2D eigenvalue weighted by molar-refractivity contribution is 9.10. The van der Waals surface area contributed by atoms with Crippen LogP contribution in [0.5, 0.6) is 5.75 Å². The average molecular weight is 356 g/mol. The summed E-state index contributed by atoms with van der Waals surface area (Å²) in [5.74, 6) is 1.06. The van der Waals surface area contributed by atoms with E-state index in [0.29, 0.717) is 0 Å². The molecule has 0 radical (unpaired) electrons. The molecule has 0 amide bonds. The van der Waals surface area contributed by atoms with Crippen LogP contribution in [0.4, 0.5) is 5.95 Å². The number of methoxy groups -OCH3 is 1. The van der Waals surface area contributed by atoms with E-state index in [2.05, 4.69) is 25.9 Å². The molecule has 4 nitrogen and oxygen atoms in total. The summed E-state index contributed by atoms with van der Waals surface area (Å²) >= 11 is 3.47. The van der Waals surface area contributed by atoms with Crippen molar-refractivity contribution in [1.82, 2.24) is 9.97 Å². The Bertz CT molecular complexity index is 803. The molecule has 22 heavy (non-hydrogen) atoms. The van der Waals surface area contributed by atoms with Gasteiger partial charge in [-0.15, -0.1) is 0 Å². The fourth-order valence-corrected chi connectivity index (χ4v) is 2.57. The van der Waals surface area contributed by atoms with E-state index in [1.807, 2.05) is 54.6 Å². The lowest BCUT2D eigenvalue weighted by atomic mass is 10.1. The Morgan fingerprint density at radius 3 is 2.23 bits per heavy atom. The van der Waals surface area contributed by atoms with Crippen molar-refractivity contribution >= 4 is 21.9 Å². The number of hydrogen-bond donors (Lipinski definition) is 1. The summed E-state index contributed by atoms with van der Waals surface area (Å²) in [6.45, 7) is 0. The van der Waals surface area contributed by atoms with Gasteiger partial charge in [0.15, 0.2) is 0 Å². The van der Waals surface area contributed by atoms with E-state index in [1.54, 1.807) is 7.11 Å². The number of nitrogens with two attached hydrogens (primary N) is 1. The van der Waals surface area contributed by atoms with E-state index in [0.717, 1.165) is 32.7 Å². The Morgan fingerprint density at radius 1 is 0.909 bits per heavy atom. The third-order valence-electron chi connectivity index (χ3n) is 3.25. The van der Waals surface area contributed by atoms with Gasteiger partial charge in [-0.2, -0.15) is 0 Å². The standard InChI is InChI=1S/C17H14BrN3O/c1-22-14-7-5-11(6-8-14)15-10-16(21-17(19)20-15)12-3-2-4-13(18)9-12/h2-10H,1H3,(H2,19,20,21). The molecule has 0 fully saturated rings. The molecule has 0 saturated heterocycles. The van der Waals surface area contributed by atoms with Gasteiger partial charge in [0, 0.05) is 15.6 Å². The Kier molecular flexibility index (Phi) is 4.06. The molecule has 0 aliphatic carbocycles. The van der Waals surface area contributed by atoms with Crippen LogP contribution in [0.1, 0.15) is 0 Å². The fraction of sp³-hybridized carbons (Fsp3) is 0.0588. The van der Waals surface area contributed by atoms with Crippen LogP contribution < -0.4 is 10.5 Å².